The van der Waals surface area contributed by atoms with Gasteiger partial charge >= 0.3 is 0 Å². The molecule has 1 aliphatic rings. The number of hydrogen-bond acceptors (Lipinski definition) is 3. The lowest BCUT2D eigenvalue weighted by atomic mass is 9.93. The first-order chi connectivity index (χ1) is 10.0. The molecule has 2 rings (SSSR count). The quantitative estimate of drug-likeness (QED) is 0.786. The summed E-state index contributed by atoms with van der Waals surface area (Å²) in [6, 6.07) is 6.48. The maximum atomic E-state index is 9.43. The average Bonchev–Trinajstić information content (AvgIpc) is 2.46. The monoisotopic (exact) mass is 279 g/mol. The standard InChI is InChI=1S/C18H21N3/c1-13(2)20-8-7-14(3)17-10-15-6-5-9-21(4)18(15)11-16(17)12-19/h7-8,10-11H,1,5-6,9H2,2-4H3/b14-7+,20-8?. The van der Waals surface area contributed by atoms with Crippen molar-refractivity contribution in [2.75, 3.05) is 18.5 Å². The summed E-state index contributed by atoms with van der Waals surface area (Å²) < 4.78 is 0. The average molecular weight is 279 g/mol. The van der Waals surface area contributed by atoms with E-state index < -0.39 is 0 Å². The van der Waals surface area contributed by atoms with E-state index in [-0.39, 0.29) is 0 Å². The molecule has 0 radical (unpaired) electrons. The molecule has 0 amide bonds. The van der Waals surface area contributed by atoms with Crippen LogP contribution < -0.4 is 4.90 Å². The van der Waals surface area contributed by atoms with E-state index in [0.717, 1.165) is 41.8 Å². The highest BCUT2D eigenvalue weighted by atomic mass is 15.1. The molecule has 1 aromatic carbocycles. The zero-order chi connectivity index (χ0) is 15.4. The van der Waals surface area contributed by atoms with Crippen LogP contribution in [0.15, 0.2) is 35.5 Å². The number of aryl methyl sites for hydroxylation is 1. The summed E-state index contributed by atoms with van der Waals surface area (Å²) in [6.45, 7) is 8.66. The number of allylic oxidation sites excluding steroid dienone is 3. The molecule has 21 heavy (non-hydrogen) atoms. The molecule has 3 nitrogen and oxygen atoms in total. The van der Waals surface area contributed by atoms with Gasteiger partial charge in [-0.2, -0.15) is 5.26 Å². The minimum absolute atomic E-state index is 0.722. The molecule has 0 aliphatic carbocycles. The van der Waals surface area contributed by atoms with E-state index in [1.807, 2.05) is 26.0 Å². The lowest BCUT2D eigenvalue weighted by Gasteiger charge is -2.28. The van der Waals surface area contributed by atoms with Gasteiger partial charge in [-0.25, -0.2) is 0 Å². The van der Waals surface area contributed by atoms with Gasteiger partial charge < -0.3 is 4.90 Å². The van der Waals surface area contributed by atoms with Gasteiger partial charge in [0, 0.05) is 31.2 Å². The fraction of sp³-hybridized carbons (Fsp3) is 0.333. The van der Waals surface area contributed by atoms with Crippen molar-refractivity contribution in [3.05, 3.63) is 47.2 Å². The number of benzene rings is 1. The molecule has 3 heteroatoms. The third-order valence-corrected chi connectivity index (χ3v) is 3.73. The molecule has 0 unspecified atom stereocenters. The highest BCUT2D eigenvalue weighted by Crippen LogP contribution is 2.31. The van der Waals surface area contributed by atoms with Crippen molar-refractivity contribution in [2.45, 2.75) is 26.7 Å². The molecule has 0 bridgehead atoms. The van der Waals surface area contributed by atoms with Crippen molar-refractivity contribution >= 4 is 17.5 Å². The number of fused-ring (bicyclic) bond motifs is 1. The second-order valence-corrected chi connectivity index (χ2v) is 5.53. The van der Waals surface area contributed by atoms with Crippen LogP contribution in [0, 0.1) is 11.3 Å². The fourth-order valence-electron chi connectivity index (χ4n) is 2.60. The summed E-state index contributed by atoms with van der Waals surface area (Å²) in [7, 11) is 2.08. The Morgan fingerprint density at radius 3 is 2.86 bits per heavy atom. The van der Waals surface area contributed by atoms with Crippen molar-refractivity contribution in [3.8, 4) is 6.07 Å². The largest absolute Gasteiger partial charge is 0.374 e. The van der Waals surface area contributed by atoms with E-state index >= 15 is 0 Å². The predicted molar refractivity (Wildman–Crippen MR) is 89.7 cm³/mol. The van der Waals surface area contributed by atoms with Crippen LogP contribution in [0.1, 0.15) is 37.0 Å². The molecule has 0 atom stereocenters. The number of rotatable bonds is 3. The summed E-state index contributed by atoms with van der Waals surface area (Å²) in [5.41, 5.74) is 6.05. The first-order valence-electron chi connectivity index (χ1n) is 7.18. The van der Waals surface area contributed by atoms with Crippen LogP contribution in [0.25, 0.3) is 5.57 Å². The van der Waals surface area contributed by atoms with E-state index in [1.54, 1.807) is 6.21 Å². The van der Waals surface area contributed by atoms with Gasteiger partial charge in [0.25, 0.3) is 0 Å². The molecule has 0 N–H and O–H groups in total. The molecule has 1 heterocycles. The highest BCUT2D eigenvalue weighted by Gasteiger charge is 2.17. The Morgan fingerprint density at radius 1 is 1.43 bits per heavy atom. The molecular formula is C18H21N3. The second-order valence-electron chi connectivity index (χ2n) is 5.53. The van der Waals surface area contributed by atoms with Gasteiger partial charge in [0.05, 0.1) is 11.6 Å². The summed E-state index contributed by atoms with van der Waals surface area (Å²) in [6.07, 6.45) is 5.91. The molecule has 108 valence electrons. The van der Waals surface area contributed by atoms with E-state index in [9.17, 15) is 5.26 Å². The highest BCUT2D eigenvalue weighted by molar-refractivity contribution is 5.86. The fourth-order valence-corrected chi connectivity index (χ4v) is 2.60. The predicted octanol–water partition coefficient (Wildman–Crippen LogP) is 3.95. The molecular weight excluding hydrogens is 258 g/mol. The van der Waals surface area contributed by atoms with E-state index in [4.69, 9.17) is 0 Å². The number of nitrogens with zero attached hydrogens (tertiary/aromatic N) is 3. The van der Waals surface area contributed by atoms with E-state index in [0.29, 0.717) is 0 Å². The second kappa shape index (κ2) is 6.41. The Balaban J connectivity index is 2.44. The lowest BCUT2D eigenvalue weighted by molar-refractivity contribution is 0.744. The molecule has 0 spiro atoms. The number of aliphatic imine (C=N–C) groups is 1. The molecule has 0 aromatic heterocycles. The molecule has 0 saturated heterocycles. The first kappa shape index (κ1) is 15.1. The minimum atomic E-state index is 0.722. The molecule has 1 aliphatic heterocycles. The number of nitriles is 1. The zero-order valence-corrected chi connectivity index (χ0v) is 13.0. The van der Waals surface area contributed by atoms with Crippen LogP contribution in [0.3, 0.4) is 0 Å². The van der Waals surface area contributed by atoms with Crippen molar-refractivity contribution in [1.82, 2.24) is 0 Å². The smallest absolute Gasteiger partial charge is 0.0998 e. The molecule has 1 aromatic rings. The van der Waals surface area contributed by atoms with Crippen LogP contribution in [-0.4, -0.2) is 19.8 Å². The maximum Gasteiger partial charge on any atom is 0.0998 e. The van der Waals surface area contributed by atoms with Gasteiger partial charge in [-0.15, -0.1) is 0 Å². The van der Waals surface area contributed by atoms with Crippen LogP contribution in [0.2, 0.25) is 0 Å². The van der Waals surface area contributed by atoms with Gasteiger partial charge in [-0.1, -0.05) is 6.58 Å². The van der Waals surface area contributed by atoms with Crippen LogP contribution in [0.5, 0.6) is 0 Å². The summed E-state index contributed by atoms with van der Waals surface area (Å²) >= 11 is 0. The third-order valence-electron chi connectivity index (χ3n) is 3.73. The summed E-state index contributed by atoms with van der Waals surface area (Å²) in [4.78, 5) is 6.39. The first-order valence-corrected chi connectivity index (χ1v) is 7.18. The normalized spacial score (nSPS) is 15.0. The maximum absolute atomic E-state index is 9.43. The van der Waals surface area contributed by atoms with E-state index in [1.165, 1.54) is 11.3 Å². The van der Waals surface area contributed by atoms with Crippen LogP contribution in [-0.2, 0) is 6.42 Å². The number of anilines is 1. The Kier molecular flexibility index (Phi) is 4.59. The van der Waals surface area contributed by atoms with Gasteiger partial charge in [-0.05, 0) is 61.6 Å². The summed E-state index contributed by atoms with van der Waals surface area (Å²) in [5, 5.41) is 9.43. The van der Waals surface area contributed by atoms with Gasteiger partial charge in [-0.3, -0.25) is 4.99 Å². The molecule has 0 fully saturated rings. The third kappa shape index (κ3) is 3.41. The molecule has 0 saturated carbocycles. The van der Waals surface area contributed by atoms with E-state index in [2.05, 4.69) is 35.7 Å². The topological polar surface area (TPSA) is 39.4 Å². The van der Waals surface area contributed by atoms with Crippen molar-refractivity contribution in [2.24, 2.45) is 4.99 Å². The Bertz CT molecular complexity index is 660. The Morgan fingerprint density at radius 2 is 2.19 bits per heavy atom. The van der Waals surface area contributed by atoms with Crippen molar-refractivity contribution in [3.63, 3.8) is 0 Å². The van der Waals surface area contributed by atoms with Crippen LogP contribution >= 0.6 is 0 Å². The number of hydrogen-bond donors (Lipinski definition) is 0. The van der Waals surface area contributed by atoms with Crippen LogP contribution in [0.4, 0.5) is 5.69 Å². The van der Waals surface area contributed by atoms with Crippen molar-refractivity contribution < 1.29 is 0 Å². The van der Waals surface area contributed by atoms with Gasteiger partial charge in [0.15, 0.2) is 0 Å². The SMILES string of the molecule is C=C(C)N=C/C=C(\C)c1cc2c(cc1C#N)N(C)CCC2. The minimum Gasteiger partial charge on any atom is -0.374 e. The van der Waals surface area contributed by atoms with Crippen molar-refractivity contribution in [1.29, 1.82) is 5.26 Å². The Labute approximate surface area is 126 Å². The lowest BCUT2D eigenvalue weighted by Crippen LogP contribution is -2.24. The zero-order valence-electron chi connectivity index (χ0n) is 13.0. The van der Waals surface area contributed by atoms with Gasteiger partial charge in [0.1, 0.15) is 0 Å². The van der Waals surface area contributed by atoms with Gasteiger partial charge in [0.2, 0.25) is 0 Å². The Hall–Kier alpha value is -2.34. The summed E-state index contributed by atoms with van der Waals surface area (Å²) in [5.74, 6) is 0.